The Labute approximate surface area is 28.3 Å². The van der Waals surface area contributed by atoms with E-state index < -0.39 is 0 Å². The maximum Gasteiger partial charge on any atom is 0.0740 e. The Kier molecular flexibility index (Phi) is 2.44. The van der Waals surface area contributed by atoms with Crippen molar-refractivity contribution in [3.8, 4) is 0 Å². The zero-order chi connectivity index (χ0) is 3.41. The van der Waals surface area contributed by atoms with Gasteiger partial charge in [0, 0.05) is 0 Å². The molecular weight excluding hydrogens is 66.1 g/mol. The SMILES string of the molecule is N=C=C[Si]. The highest BCUT2D eigenvalue weighted by molar-refractivity contribution is 6.20. The van der Waals surface area contributed by atoms with Crippen LogP contribution < -0.4 is 0 Å². The van der Waals surface area contributed by atoms with Crippen LogP contribution in [0.25, 0.3) is 0 Å². The fourth-order valence-electron chi connectivity index (χ4n) is 0. The van der Waals surface area contributed by atoms with E-state index in [4.69, 9.17) is 5.41 Å². The van der Waals surface area contributed by atoms with Gasteiger partial charge in [-0.15, -0.1) is 0 Å². The molecule has 2 heteroatoms. The summed E-state index contributed by atoms with van der Waals surface area (Å²) in [4.78, 5) is 0. The summed E-state index contributed by atoms with van der Waals surface area (Å²) < 4.78 is 0. The molecule has 0 bridgehead atoms. The Morgan fingerprint density at radius 3 is 2.25 bits per heavy atom. The van der Waals surface area contributed by atoms with Gasteiger partial charge < -0.3 is 0 Å². The first-order valence-electron chi connectivity index (χ1n) is 0.827. The second kappa shape index (κ2) is 2.67. The topological polar surface area (TPSA) is 23.9 Å². The van der Waals surface area contributed by atoms with Crippen molar-refractivity contribution >= 4 is 16.1 Å². The lowest BCUT2D eigenvalue weighted by Gasteiger charge is -1.34. The minimum Gasteiger partial charge on any atom is -0.259 e. The first-order chi connectivity index (χ1) is 1.91. The highest BCUT2D eigenvalue weighted by Crippen LogP contribution is 1.24. The molecule has 1 N–H and O–H groups in total. The smallest absolute Gasteiger partial charge is 0.0740 e. The normalized spacial score (nSPS) is 4.25. The van der Waals surface area contributed by atoms with E-state index in [0.29, 0.717) is 0 Å². The molecule has 0 unspecified atom stereocenters. The first-order valence-corrected chi connectivity index (χ1v) is 1.40. The Morgan fingerprint density at radius 2 is 2.25 bits per heavy atom. The van der Waals surface area contributed by atoms with E-state index >= 15 is 0 Å². The summed E-state index contributed by atoms with van der Waals surface area (Å²) in [6.07, 6.45) is 0. The van der Waals surface area contributed by atoms with Crippen molar-refractivity contribution < 1.29 is 0 Å². The Morgan fingerprint density at radius 1 is 2.00 bits per heavy atom. The van der Waals surface area contributed by atoms with Crippen molar-refractivity contribution in [1.82, 2.24) is 0 Å². The van der Waals surface area contributed by atoms with Crippen LogP contribution in [0.1, 0.15) is 0 Å². The number of hydrogen-bond acceptors (Lipinski definition) is 1. The minimum atomic E-state index is 1.35. The van der Waals surface area contributed by atoms with Crippen molar-refractivity contribution in [2.45, 2.75) is 0 Å². The highest BCUT2D eigenvalue weighted by atomic mass is 28.1. The third kappa shape index (κ3) is 1.67. The zero-order valence-corrected chi connectivity index (χ0v) is 3.08. The maximum absolute atomic E-state index is 6.10. The van der Waals surface area contributed by atoms with E-state index in [1.165, 1.54) is 5.70 Å². The number of nitrogens with one attached hydrogen (secondary N) is 1. The van der Waals surface area contributed by atoms with E-state index in [9.17, 15) is 0 Å². The third-order valence-electron chi connectivity index (χ3n) is 0.0722. The molecule has 0 heterocycles. The third-order valence-corrected chi connectivity index (χ3v) is 0.217. The number of rotatable bonds is 0. The van der Waals surface area contributed by atoms with Gasteiger partial charge in [-0.25, -0.2) is 0 Å². The summed E-state index contributed by atoms with van der Waals surface area (Å²) in [6, 6.07) is 0. The largest absolute Gasteiger partial charge is 0.259 e. The van der Waals surface area contributed by atoms with Gasteiger partial charge in [-0.1, -0.05) is 0 Å². The monoisotopic (exact) mass is 68.0 g/mol. The van der Waals surface area contributed by atoms with Gasteiger partial charge in [-0.2, -0.15) is 0 Å². The van der Waals surface area contributed by atoms with Crippen molar-refractivity contribution in [2.24, 2.45) is 0 Å². The molecule has 0 aromatic carbocycles. The molecule has 4 heavy (non-hydrogen) atoms. The van der Waals surface area contributed by atoms with Crippen LogP contribution in [0.4, 0.5) is 0 Å². The average Bonchev–Trinajstić information content (AvgIpc) is 1.37. The van der Waals surface area contributed by atoms with E-state index in [2.05, 4.69) is 10.2 Å². The van der Waals surface area contributed by atoms with Crippen molar-refractivity contribution in [3.63, 3.8) is 0 Å². The molecule has 0 aromatic heterocycles. The zero-order valence-electron chi connectivity index (χ0n) is 2.08. The quantitative estimate of drug-likeness (QED) is 0.303. The van der Waals surface area contributed by atoms with Gasteiger partial charge in [0.2, 0.25) is 0 Å². The molecule has 0 saturated heterocycles. The van der Waals surface area contributed by atoms with E-state index in [1.807, 2.05) is 5.87 Å². The molecule has 0 amide bonds. The second-order valence-corrected chi connectivity index (χ2v) is 0.577. The van der Waals surface area contributed by atoms with Crippen LogP contribution in [0.5, 0.6) is 0 Å². The summed E-state index contributed by atoms with van der Waals surface area (Å²) in [5.74, 6) is 1.97. The molecule has 0 fully saturated rings. The predicted octanol–water partition coefficient (Wildman–Crippen LogP) is -0.0829. The second-order valence-electron chi connectivity index (χ2n) is 0.289. The lowest BCUT2D eigenvalue weighted by atomic mass is 11.2. The summed E-state index contributed by atoms with van der Waals surface area (Å²) in [6.45, 7) is 0. The standard InChI is InChI=1S/C2H2NSi/c3-1-2-4/h2-3H. The fourth-order valence-corrected chi connectivity index (χ4v) is 0. The molecule has 0 rings (SSSR count). The van der Waals surface area contributed by atoms with Gasteiger partial charge in [0.1, 0.15) is 0 Å². The van der Waals surface area contributed by atoms with Gasteiger partial charge in [0.15, 0.2) is 0 Å². The predicted molar refractivity (Wildman–Crippen MR) is 18.1 cm³/mol. The molecule has 3 radical (unpaired) electrons. The van der Waals surface area contributed by atoms with Crippen LogP contribution in [0.15, 0.2) is 5.70 Å². The van der Waals surface area contributed by atoms with Gasteiger partial charge in [-0.3, -0.25) is 5.41 Å². The summed E-state index contributed by atoms with van der Waals surface area (Å²) in [5.41, 5.74) is 1.35. The molecule has 0 aliphatic heterocycles. The Hall–Kier alpha value is -0.333. The van der Waals surface area contributed by atoms with Crippen LogP contribution in [0.3, 0.4) is 0 Å². The van der Waals surface area contributed by atoms with Crippen molar-refractivity contribution in [3.05, 3.63) is 5.70 Å². The molecule has 0 saturated carbocycles. The van der Waals surface area contributed by atoms with E-state index in [1.54, 1.807) is 0 Å². The molecule has 19 valence electrons. The summed E-state index contributed by atoms with van der Waals surface area (Å²) >= 11 is 0. The Bertz CT molecular complexity index is 44.0. The highest BCUT2D eigenvalue weighted by Gasteiger charge is 1.29. The lowest BCUT2D eigenvalue weighted by molar-refractivity contribution is 1.60. The van der Waals surface area contributed by atoms with E-state index in [0.717, 1.165) is 0 Å². The first kappa shape index (κ1) is 3.67. The molecule has 0 aliphatic carbocycles. The molecule has 0 aromatic rings. The molecule has 0 spiro atoms. The van der Waals surface area contributed by atoms with Gasteiger partial charge >= 0.3 is 0 Å². The summed E-state index contributed by atoms with van der Waals surface area (Å²) in [5, 5.41) is 6.10. The summed E-state index contributed by atoms with van der Waals surface area (Å²) in [7, 11) is 2.86. The van der Waals surface area contributed by atoms with Gasteiger partial charge in [0.25, 0.3) is 0 Å². The van der Waals surface area contributed by atoms with Crippen LogP contribution in [0.2, 0.25) is 0 Å². The Balaban J connectivity index is 3.11. The average molecular weight is 68.1 g/mol. The fraction of sp³-hybridized carbons (Fsp3) is 0. The van der Waals surface area contributed by atoms with Gasteiger partial charge in [0.05, 0.1) is 10.2 Å². The van der Waals surface area contributed by atoms with Crippen LogP contribution in [-0.4, -0.2) is 16.1 Å². The van der Waals surface area contributed by atoms with Crippen molar-refractivity contribution in [1.29, 1.82) is 5.41 Å². The van der Waals surface area contributed by atoms with Crippen molar-refractivity contribution in [2.75, 3.05) is 0 Å². The molecule has 0 aliphatic rings. The number of hydrogen-bond donors (Lipinski definition) is 1. The lowest BCUT2D eigenvalue weighted by Crippen LogP contribution is -1.42. The molecular formula is C2H2NSi. The van der Waals surface area contributed by atoms with Crippen LogP contribution in [0, 0.1) is 5.41 Å². The molecule has 0 atom stereocenters. The molecule has 1 nitrogen and oxygen atoms in total. The van der Waals surface area contributed by atoms with E-state index in [-0.39, 0.29) is 0 Å². The van der Waals surface area contributed by atoms with Gasteiger partial charge in [-0.05, 0) is 11.6 Å². The maximum atomic E-state index is 6.10. The van der Waals surface area contributed by atoms with Crippen LogP contribution >= 0.6 is 0 Å². The van der Waals surface area contributed by atoms with Crippen LogP contribution in [-0.2, 0) is 0 Å². The minimum absolute atomic E-state index is 1.35.